The summed E-state index contributed by atoms with van der Waals surface area (Å²) in [5.41, 5.74) is 2.36. The van der Waals surface area contributed by atoms with E-state index in [1.165, 1.54) is 16.0 Å². The van der Waals surface area contributed by atoms with Gasteiger partial charge in [0.2, 0.25) is 0 Å². The molecule has 0 saturated carbocycles. The molecule has 102 valence electrons. The smallest absolute Gasteiger partial charge is 0.0843 e. The molecule has 0 saturated heterocycles. The lowest BCUT2D eigenvalue weighted by atomic mass is 10.0. The van der Waals surface area contributed by atoms with Crippen LogP contribution < -0.4 is 5.32 Å². The van der Waals surface area contributed by atoms with E-state index >= 15 is 0 Å². The van der Waals surface area contributed by atoms with Gasteiger partial charge >= 0.3 is 0 Å². The van der Waals surface area contributed by atoms with Crippen LogP contribution >= 0.6 is 54.8 Å². The Balaban J connectivity index is 2.23. The number of hydrogen-bond donors (Lipinski definition) is 1. The molecule has 5 heteroatoms. The van der Waals surface area contributed by atoms with E-state index in [1.54, 1.807) is 11.3 Å². The molecule has 1 nitrogen and oxygen atoms in total. The second-order valence-corrected chi connectivity index (χ2v) is 8.07. The monoisotopic (exact) mass is 421 g/mol. The van der Waals surface area contributed by atoms with Crippen LogP contribution in [0.3, 0.4) is 0 Å². The molecule has 1 aromatic heterocycles. The van der Waals surface area contributed by atoms with E-state index < -0.39 is 0 Å². The lowest BCUT2D eigenvalue weighted by Gasteiger charge is -2.15. The molecular formula is C14H14Br2ClNS. The van der Waals surface area contributed by atoms with Crippen molar-refractivity contribution < 1.29 is 0 Å². The Morgan fingerprint density at radius 1 is 1.32 bits per heavy atom. The number of rotatable bonds is 4. The fraction of sp³-hybridized carbons (Fsp3) is 0.286. The molecule has 1 N–H and O–H groups in total. The topological polar surface area (TPSA) is 12.0 Å². The number of aryl methyl sites for hydroxylation is 1. The molecule has 1 heterocycles. The quantitative estimate of drug-likeness (QED) is 0.661. The van der Waals surface area contributed by atoms with Gasteiger partial charge in [-0.3, -0.25) is 0 Å². The van der Waals surface area contributed by atoms with Crippen molar-refractivity contribution in [3.63, 3.8) is 0 Å². The number of halogens is 3. The van der Waals surface area contributed by atoms with Crippen molar-refractivity contribution in [2.24, 2.45) is 0 Å². The van der Waals surface area contributed by atoms with E-state index in [9.17, 15) is 0 Å². The normalized spacial score (nSPS) is 12.7. The SMILES string of the molecule is CNC(Cc1ccc(C)cc1Cl)c1cc(Br)c(Br)s1. The number of likely N-dealkylation sites (N-methyl/N-ethyl adjacent to an activating group) is 1. The summed E-state index contributed by atoms with van der Waals surface area (Å²) in [4.78, 5) is 1.29. The van der Waals surface area contributed by atoms with Crippen LogP contribution in [0, 0.1) is 6.92 Å². The number of nitrogens with one attached hydrogen (secondary N) is 1. The zero-order valence-electron chi connectivity index (χ0n) is 10.6. The highest BCUT2D eigenvalue weighted by molar-refractivity contribution is 9.13. The standard InChI is InChI=1S/C14H14Br2ClNS/c1-8-3-4-9(11(17)5-8)6-12(18-2)13-7-10(15)14(16)19-13/h3-5,7,12,18H,6H2,1-2H3. The first-order chi connectivity index (χ1) is 9.01. The molecule has 0 aliphatic carbocycles. The summed E-state index contributed by atoms with van der Waals surface area (Å²) in [6, 6.07) is 8.66. The molecule has 0 aliphatic rings. The van der Waals surface area contributed by atoms with Gasteiger partial charge in [0.15, 0.2) is 0 Å². The summed E-state index contributed by atoms with van der Waals surface area (Å²) in [5, 5.41) is 4.20. The summed E-state index contributed by atoms with van der Waals surface area (Å²) in [6.07, 6.45) is 0.884. The Kier molecular flexibility index (Phi) is 5.49. The number of hydrogen-bond acceptors (Lipinski definition) is 2. The van der Waals surface area contributed by atoms with E-state index in [0.717, 1.165) is 19.7 Å². The van der Waals surface area contributed by atoms with E-state index in [1.807, 2.05) is 13.1 Å². The molecule has 0 bridgehead atoms. The van der Waals surface area contributed by atoms with Gasteiger partial charge in [0.05, 0.1) is 3.79 Å². The molecular weight excluding hydrogens is 409 g/mol. The van der Waals surface area contributed by atoms with Crippen molar-refractivity contribution in [1.82, 2.24) is 5.32 Å². The maximum atomic E-state index is 6.31. The van der Waals surface area contributed by atoms with E-state index in [2.05, 4.69) is 62.3 Å². The molecule has 0 fully saturated rings. The lowest BCUT2D eigenvalue weighted by Crippen LogP contribution is -2.17. The lowest BCUT2D eigenvalue weighted by molar-refractivity contribution is 0.602. The summed E-state index contributed by atoms with van der Waals surface area (Å²) in [7, 11) is 1.98. The van der Waals surface area contributed by atoms with Crippen molar-refractivity contribution in [2.45, 2.75) is 19.4 Å². The molecule has 1 aromatic carbocycles. The molecule has 0 amide bonds. The average molecular weight is 424 g/mol. The van der Waals surface area contributed by atoms with Crippen LogP contribution in [0.1, 0.15) is 22.0 Å². The van der Waals surface area contributed by atoms with Crippen LogP contribution in [0.4, 0.5) is 0 Å². The van der Waals surface area contributed by atoms with Crippen LogP contribution in [0.2, 0.25) is 5.02 Å². The highest BCUT2D eigenvalue weighted by atomic mass is 79.9. The highest BCUT2D eigenvalue weighted by Crippen LogP contribution is 2.37. The van der Waals surface area contributed by atoms with Crippen LogP contribution in [-0.4, -0.2) is 7.05 Å². The minimum atomic E-state index is 0.271. The molecule has 1 atom stereocenters. The van der Waals surface area contributed by atoms with E-state index in [0.29, 0.717) is 0 Å². The average Bonchev–Trinajstić information content (AvgIpc) is 2.68. The Hall–Kier alpha value is 0.130. The molecule has 0 spiro atoms. The van der Waals surface area contributed by atoms with Crippen molar-refractivity contribution in [3.8, 4) is 0 Å². The predicted octanol–water partition coefficient (Wildman–Crippen LogP) is 5.74. The Labute approximate surface area is 139 Å². The highest BCUT2D eigenvalue weighted by Gasteiger charge is 2.16. The second-order valence-electron chi connectivity index (χ2n) is 4.41. The van der Waals surface area contributed by atoms with Crippen LogP contribution in [0.15, 0.2) is 32.5 Å². The molecule has 2 rings (SSSR count). The first-order valence-corrected chi connectivity index (χ1v) is 8.66. The first kappa shape index (κ1) is 15.5. The molecule has 0 radical (unpaired) electrons. The fourth-order valence-corrected chi connectivity index (χ4v) is 4.43. The maximum absolute atomic E-state index is 6.31. The summed E-state index contributed by atoms with van der Waals surface area (Å²) in [6.45, 7) is 2.05. The molecule has 2 aromatic rings. The van der Waals surface area contributed by atoms with Gasteiger partial charge in [-0.15, -0.1) is 11.3 Å². The van der Waals surface area contributed by atoms with Gasteiger partial charge in [-0.1, -0.05) is 23.7 Å². The van der Waals surface area contributed by atoms with Crippen molar-refractivity contribution >= 4 is 54.8 Å². The Bertz CT molecular complexity index is 563. The van der Waals surface area contributed by atoms with Gasteiger partial charge in [-0.25, -0.2) is 0 Å². The van der Waals surface area contributed by atoms with Gasteiger partial charge in [-0.05, 0) is 75.5 Å². The van der Waals surface area contributed by atoms with Crippen LogP contribution in [0.5, 0.6) is 0 Å². The summed E-state index contributed by atoms with van der Waals surface area (Å²) in [5.74, 6) is 0. The number of benzene rings is 1. The third-order valence-corrected chi connectivity index (χ3v) is 6.71. The molecule has 1 unspecified atom stereocenters. The zero-order valence-corrected chi connectivity index (χ0v) is 15.4. The van der Waals surface area contributed by atoms with Gasteiger partial charge in [0.25, 0.3) is 0 Å². The Morgan fingerprint density at radius 3 is 2.58 bits per heavy atom. The molecule has 0 aliphatic heterocycles. The zero-order chi connectivity index (χ0) is 14.0. The van der Waals surface area contributed by atoms with Gasteiger partial charge in [0.1, 0.15) is 0 Å². The van der Waals surface area contributed by atoms with Gasteiger partial charge in [0, 0.05) is 20.4 Å². The Morgan fingerprint density at radius 2 is 2.05 bits per heavy atom. The van der Waals surface area contributed by atoms with Gasteiger partial charge < -0.3 is 5.32 Å². The van der Waals surface area contributed by atoms with Crippen molar-refractivity contribution in [1.29, 1.82) is 0 Å². The third kappa shape index (κ3) is 3.82. The van der Waals surface area contributed by atoms with Crippen LogP contribution in [0.25, 0.3) is 0 Å². The number of thiophene rings is 1. The third-order valence-electron chi connectivity index (χ3n) is 2.99. The van der Waals surface area contributed by atoms with E-state index in [4.69, 9.17) is 11.6 Å². The van der Waals surface area contributed by atoms with Crippen molar-refractivity contribution in [2.75, 3.05) is 7.05 Å². The molecule has 19 heavy (non-hydrogen) atoms. The first-order valence-electron chi connectivity index (χ1n) is 5.88. The summed E-state index contributed by atoms with van der Waals surface area (Å²) < 4.78 is 2.22. The second kappa shape index (κ2) is 6.72. The summed E-state index contributed by atoms with van der Waals surface area (Å²) >= 11 is 15.1. The van der Waals surface area contributed by atoms with Crippen molar-refractivity contribution in [3.05, 3.63) is 53.6 Å². The maximum Gasteiger partial charge on any atom is 0.0843 e. The minimum absolute atomic E-state index is 0.271. The largest absolute Gasteiger partial charge is 0.312 e. The predicted molar refractivity (Wildman–Crippen MR) is 91.4 cm³/mol. The van der Waals surface area contributed by atoms with Crippen LogP contribution in [-0.2, 0) is 6.42 Å². The van der Waals surface area contributed by atoms with E-state index in [-0.39, 0.29) is 6.04 Å². The minimum Gasteiger partial charge on any atom is -0.312 e. The van der Waals surface area contributed by atoms with Gasteiger partial charge in [-0.2, -0.15) is 0 Å². The fourth-order valence-electron chi connectivity index (χ4n) is 1.92.